The molecule has 4 aromatic rings. The highest BCUT2D eigenvalue weighted by Gasteiger charge is 2.11. The van der Waals surface area contributed by atoms with Gasteiger partial charge < -0.3 is 7.58 Å². The molecule has 0 aliphatic carbocycles. The van der Waals surface area contributed by atoms with Crippen LogP contribution in [0.5, 0.6) is 11.5 Å². The van der Waals surface area contributed by atoms with Crippen LogP contribution in [0.15, 0.2) is 60.9 Å². The second-order valence-corrected chi connectivity index (χ2v) is 6.78. The molecule has 0 saturated carbocycles. The van der Waals surface area contributed by atoms with Crippen molar-refractivity contribution >= 4 is 37.7 Å². The fourth-order valence-electron chi connectivity index (χ4n) is 2.96. The first-order chi connectivity index (χ1) is 12.2. The van der Waals surface area contributed by atoms with Gasteiger partial charge in [0.25, 0.3) is 0 Å². The zero-order chi connectivity index (χ0) is 17.2. The van der Waals surface area contributed by atoms with Crippen molar-refractivity contribution in [1.82, 2.24) is 9.97 Å². The summed E-state index contributed by atoms with van der Waals surface area (Å²) in [6.07, 6.45) is 3.62. The van der Waals surface area contributed by atoms with Gasteiger partial charge in [-0.15, -0.1) is 0 Å². The summed E-state index contributed by atoms with van der Waals surface area (Å²) in [5.41, 5.74) is 4.13. The van der Waals surface area contributed by atoms with E-state index < -0.39 is 15.9 Å². The molecule has 0 bridgehead atoms. The molecule has 0 aliphatic rings. The van der Waals surface area contributed by atoms with Gasteiger partial charge in [-0.2, -0.15) is 0 Å². The molecule has 2 aromatic heterocycles. The molecule has 0 fully saturated rings. The van der Waals surface area contributed by atoms with E-state index >= 15 is 0 Å². The van der Waals surface area contributed by atoms with Crippen molar-refractivity contribution in [1.29, 1.82) is 0 Å². The standard InChI is InChI=1S/2C10H9NO.Al.H/c2*1-7-5-6-11-10-8(7)3-2-4-9(10)12;;/h2*2-6,12H,1H3;;/q;;+2;/p-2. The van der Waals surface area contributed by atoms with Gasteiger partial charge in [0.1, 0.15) is 22.5 Å². The number of benzene rings is 2. The van der Waals surface area contributed by atoms with Crippen molar-refractivity contribution in [3.05, 3.63) is 72.1 Å². The van der Waals surface area contributed by atoms with E-state index in [-0.39, 0.29) is 0 Å². The van der Waals surface area contributed by atoms with Crippen molar-refractivity contribution in [3.63, 3.8) is 0 Å². The van der Waals surface area contributed by atoms with Crippen LogP contribution in [-0.2, 0) is 0 Å². The third kappa shape index (κ3) is 3.05. The molecule has 4 rings (SSSR count). The third-order valence-electron chi connectivity index (χ3n) is 4.33. The summed E-state index contributed by atoms with van der Waals surface area (Å²) in [4.78, 5) is 8.92. The summed E-state index contributed by atoms with van der Waals surface area (Å²) in [6.45, 7) is 4.15. The highest BCUT2D eigenvalue weighted by Crippen LogP contribution is 2.27. The van der Waals surface area contributed by atoms with E-state index in [4.69, 9.17) is 7.58 Å². The first-order valence-corrected chi connectivity index (χ1v) is 9.34. The molecule has 2 aromatic carbocycles. The van der Waals surface area contributed by atoms with Gasteiger partial charge in [0.15, 0.2) is 0 Å². The SMILES string of the molecule is Cc1ccnc2c([O][AlH][O]c3cccc4c(C)ccnc34)cccc12. The lowest BCUT2D eigenvalue weighted by atomic mass is 10.1. The Morgan fingerprint density at radius 2 is 1.16 bits per heavy atom. The van der Waals surface area contributed by atoms with Crippen LogP contribution in [0.1, 0.15) is 11.1 Å². The fraction of sp³-hybridized carbons (Fsp3) is 0.100. The summed E-state index contributed by atoms with van der Waals surface area (Å²) in [6, 6.07) is 16.0. The van der Waals surface area contributed by atoms with E-state index in [1.54, 1.807) is 0 Å². The zero-order valence-electron chi connectivity index (χ0n) is 14.2. The van der Waals surface area contributed by atoms with Crippen LogP contribution in [-0.4, -0.2) is 25.9 Å². The molecular formula is C20H17AlN2O2. The van der Waals surface area contributed by atoms with E-state index in [0.717, 1.165) is 33.3 Å². The van der Waals surface area contributed by atoms with Gasteiger partial charge in [0.2, 0.25) is 0 Å². The predicted molar refractivity (Wildman–Crippen MR) is 101 cm³/mol. The number of rotatable bonds is 4. The van der Waals surface area contributed by atoms with Gasteiger partial charge in [-0.25, -0.2) is 0 Å². The van der Waals surface area contributed by atoms with Crippen LogP contribution in [0.3, 0.4) is 0 Å². The summed E-state index contributed by atoms with van der Waals surface area (Å²) < 4.78 is 12.0. The van der Waals surface area contributed by atoms with Crippen molar-refractivity contribution in [3.8, 4) is 11.5 Å². The number of fused-ring (bicyclic) bond motifs is 2. The lowest BCUT2D eigenvalue weighted by molar-refractivity contribution is 0.463. The van der Waals surface area contributed by atoms with E-state index in [9.17, 15) is 0 Å². The number of hydrogen-bond donors (Lipinski definition) is 0. The molecule has 0 N–H and O–H groups in total. The Morgan fingerprint density at radius 1 is 0.680 bits per heavy atom. The van der Waals surface area contributed by atoms with Crippen molar-refractivity contribution in [2.45, 2.75) is 13.8 Å². The average Bonchev–Trinajstić information content (AvgIpc) is 2.63. The molecule has 0 spiro atoms. The number of nitrogens with zero attached hydrogens (tertiary/aromatic N) is 2. The Balaban J connectivity index is 1.58. The summed E-state index contributed by atoms with van der Waals surface area (Å²) >= 11 is -1.27. The largest absolute Gasteiger partial charge is 0.832 e. The molecule has 0 amide bonds. The Hall–Kier alpha value is -2.61. The topological polar surface area (TPSA) is 44.2 Å². The third-order valence-corrected chi connectivity index (χ3v) is 5.19. The van der Waals surface area contributed by atoms with Crippen molar-refractivity contribution < 1.29 is 7.58 Å². The Kier molecular flexibility index (Phi) is 4.27. The van der Waals surface area contributed by atoms with Crippen LogP contribution < -0.4 is 7.58 Å². The molecule has 0 atom stereocenters. The van der Waals surface area contributed by atoms with Crippen molar-refractivity contribution in [2.75, 3.05) is 0 Å². The van der Waals surface area contributed by atoms with Gasteiger partial charge >= 0.3 is 15.9 Å². The zero-order valence-corrected chi connectivity index (χ0v) is 15.6. The maximum absolute atomic E-state index is 5.98. The highest BCUT2D eigenvalue weighted by molar-refractivity contribution is 6.22. The minimum absolute atomic E-state index is 0.775. The van der Waals surface area contributed by atoms with Crippen LogP contribution in [0.25, 0.3) is 21.8 Å². The smallest absolute Gasteiger partial charge is 0.613 e. The highest BCUT2D eigenvalue weighted by atomic mass is 27.2. The van der Waals surface area contributed by atoms with E-state index in [0.29, 0.717) is 0 Å². The molecule has 0 radical (unpaired) electrons. The molecule has 122 valence electrons. The fourth-order valence-corrected chi connectivity index (χ4v) is 3.74. The summed E-state index contributed by atoms with van der Waals surface area (Å²) in [5.74, 6) is 1.55. The molecule has 4 nitrogen and oxygen atoms in total. The molecule has 2 heterocycles. The van der Waals surface area contributed by atoms with Gasteiger partial charge in [-0.1, -0.05) is 24.3 Å². The Labute approximate surface area is 152 Å². The first kappa shape index (κ1) is 15.9. The maximum Gasteiger partial charge on any atom is 0.832 e. The second kappa shape index (κ2) is 6.72. The number of aryl methyl sites for hydroxylation is 2. The number of hydrogen-bond acceptors (Lipinski definition) is 4. The van der Waals surface area contributed by atoms with Gasteiger partial charge in [-0.3, -0.25) is 9.97 Å². The molecule has 0 saturated heterocycles. The molecule has 0 aliphatic heterocycles. The molecule has 5 heteroatoms. The van der Waals surface area contributed by atoms with Crippen LogP contribution >= 0.6 is 0 Å². The Bertz CT molecular complexity index is 981. The molecule has 25 heavy (non-hydrogen) atoms. The number of pyridine rings is 2. The molecule has 0 unspecified atom stereocenters. The van der Waals surface area contributed by atoms with Gasteiger partial charge in [-0.05, 0) is 49.2 Å². The van der Waals surface area contributed by atoms with E-state index in [1.165, 1.54) is 11.1 Å². The lowest BCUT2D eigenvalue weighted by Gasteiger charge is -2.13. The normalized spacial score (nSPS) is 10.8. The minimum Gasteiger partial charge on any atom is -0.613 e. The second-order valence-electron chi connectivity index (χ2n) is 5.97. The van der Waals surface area contributed by atoms with Crippen LogP contribution in [0, 0.1) is 13.8 Å². The number of aromatic nitrogens is 2. The van der Waals surface area contributed by atoms with Crippen LogP contribution in [0.4, 0.5) is 0 Å². The number of para-hydroxylation sites is 2. The van der Waals surface area contributed by atoms with Crippen molar-refractivity contribution in [2.24, 2.45) is 0 Å². The minimum atomic E-state index is -1.27. The van der Waals surface area contributed by atoms with Gasteiger partial charge in [0, 0.05) is 23.2 Å². The average molecular weight is 344 g/mol. The quantitative estimate of drug-likeness (QED) is 0.522. The predicted octanol–water partition coefficient (Wildman–Crippen LogP) is 4.12. The molecular weight excluding hydrogens is 327 g/mol. The van der Waals surface area contributed by atoms with E-state index in [1.807, 2.05) is 48.8 Å². The van der Waals surface area contributed by atoms with E-state index in [2.05, 4.69) is 35.9 Å². The maximum atomic E-state index is 5.98. The summed E-state index contributed by atoms with van der Waals surface area (Å²) in [5, 5.41) is 2.22. The monoisotopic (exact) mass is 344 g/mol. The lowest BCUT2D eigenvalue weighted by Crippen LogP contribution is -2.12. The first-order valence-electron chi connectivity index (χ1n) is 8.18. The van der Waals surface area contributed by atoms with Crippen LogP contribution in [0.2, 0.25) is 0 Å². The van der Waals surface area contributed by atoms with Gasteiger partial charge in [0.05, 0.1) is 0 Å². The summed E-state index contributed by atoms with van der Waals surface area (Å²) in [7, 11) is 0. The Morgan fingerprint density at radius 3 is 1.64 bits per heavy atom.